The zero-order chi connectivity index (χ0) is 22.4. The van der Waals surface area contributed by atoms with E-state index in [2.05, 4.69) is 0 Å². The highest BCUT2D eigenvalue weighted by Gasteiger charge is 2.26. The predicted molar refractivity (Wildman–Crippen MR) is 124 cm³/mol. The van der Waals surface area contributed by atoms with Crippen molar-refractivity contribution in [2.75, 3.05) is 7.11 Å². The molecule has 0 aliphatic rings. The lowest BCUT2D eigenvalue weighted by Crippen LogP contribution is -2.06. The van der Waals surface area contributed by atoms with Gasteiger partial charge >= 0.3 is 5.97 Å². The molecule has 0 bridgehead atoms. The van der Waals surface area contributed by atoms with Crippen molar-refractivity contribution in [3.8, 4) is 28.0 Å². The van der Waals surface area contributed by atoms with Crippen LogP contribution in [-0.4, -0.2) is 18.2 Å². The molecular weight excluding hydrogens is 388 g/mol. The fourth-order valence-electron chi connectivity index (χ4n) is 4.42. The fraction of sp³-hybridized carbons (Fsp3) is 0.222. The van der Waals surface area contributed by atoms with Gasteiger partial charge in [-0.3, -0.25) is 0 Å². The van der Waals surface area contributed by atoms with Gasteiger partial charge in [0.25, 0.3) is 0 Å². The van der Waals surface area contributed by atoms with Crippen LogP contribution in [-0.2, 0) is 0 Å². The Morgan fingerprint density at radius 3 is 2.13 bits per heavy atom. The number of fused-ring (bicyclic) bond motifs is 1. The van der Waals surface area contributed by atoms with Crippen molar-refractivity contribution < 1.29 is 19.1 Å². The van der Waals surface area contributed by atoms with Crippen LogP contribution >= 0.6 is 0 Å². The number of hydrogen-bond donors (Lipinski definition) is 1. The van der Waals surface area contributed by atoms with E-state index in [1.807, 2.05) is 65.0 Å². The molecule has 0 spiro atoms. The van der Waals surface area contributed by atoms with Crippen molar-refractivity contribution in [1.82, 2.24) is 0 Å². The summed E-state index contributed by atoms with van der Waals surface area (Å²) in [6, 6.07) is 13.5. The number of aromatic carboxylic acids is 1. The second-order valence-corrected chi connectivity index (χ2v) is 8.09. The van der Waals surface area contributed by atoms with Crippen molar-refractivity contribution in [3.05, 3.63) is 76.0 Å². The summed E-state index contributed by atoms with van der Waals surface area (Å²) in [4.78, 5) is 12.3. The van der Waals surface area contributed by atoms with Gasteiger partial charge in [0.15, 0.2) is 0 Å². The molecule has 0 saturated carbocycles. The summed E-state index contributed by atoms with van der Waals surface area (Å²) in [6.07, 6.45) is 0. The second-order valence-electron chi connectivity index (χ2n) is 8.09. The molecule has 0 unspecified atom stereocenters. The van der Waals surface area contributed by atoms with E-state index < -0.39 is 5.97 Å². The Morgan fingerprint density at radius 2 is 1.52 bits per heavy atom. The van der Waals surface area contributed by atoms with Crippen molar-refractivity contribution in [2.45, 2.75) is 34.6 Å². The summed E-state index contributed by atoms with van der Waals surface area (Å²) in [5.41, 5.74) is 8.55. The molecule has 0 atom stereocenters. The Hall–Kier alpha value is -3.53. The molecule has 31 heavy (non-hydrogen) atoms. The molecular formula is C27H26O4. The number of ether oxygens (including phenoxy) is 1. The highest BCUT2D eigenvalue weighted by Crippen LogP contribution is 2.46. The lowest BCUT2D eigenvalue weighted by molar-refractivity contribution is 0.0697. The number of rotatable bonds is 4. The van der Waals surface area contributed by atoms with Gasteiger partial charge in [-0.15, -0.1) is 0 Å². The van der Waals surface area contributed by atoms with E-state index in [-0.39, 0.29) is 5.56 Å². The number of aryl methyl sites for hydroxylation is 4. The summed E-state index contributed by atoms with van der Waals surface area (Å²) in [6.45, 7) is 10.0. The first-order chi connectivity index (χ1) is 14.7. The maximum Gasteiger partial charge on any atom is 0.336 e. The molecule has 4 heteroatoms. The van der Waals surface area contributed by atoms with Crippen LogP contribution in [0.15, 0.2) is 46.9 Å². The Bertz CT molecular complexity index is 1320. The summed E-state index contributed by atoms with van der Waals surface area (Å²) in [5.74, 6) is 0.510. The van der Waals surface area contributed by atoms with Crippen molar-refractivity contribution >= 4 is 16.9 Å². The molecule has 1 heterocycles. The highest BCUT2D eigenvalue weighted by atomic mass is 16.5. The normalized spacial score (nSPS) is 11.2. The van der Waals surface area contributed by atoms with E-state index >= 15 is 0 Å². The number of benzene rings is 3. The maximum absolute atomic E-state index is 12.3. The topological polar surface area (TPSA) is 59.7 Å². The molecule has 3 aromatic carbocycles. The Kier molecular flexibility index (Phi) is 5.10. The van der Waals surface area contributed by atoms with Crippen LogP contribution in [0.1, 0.15) is 38.4 Å². The van der Waals surface area contributed by atoms with Crippen LogP contribution in [0, 0.1) is 34.6 Å². The first kappa shape index (κ1) is 20.7. The van der Waals surface area contributed by atoms with Crippen LogP contribution in [0.3, 0.4) is 0 Å². The lowest BCUT2D eigenvalue weighted by Gasteiger charge is -2.22. The molecule has 4 aromatic rings. The lowest BCUT2D eigenvalue weighted by atomic mass is 9.83. The largest absolute Gasteiger partial charge is 0.496 e. The first-order valence-electron chi connectivity index (χ1n) is 10.3. The second kappa shape index (κ2) is 7.62. The van der Waals surface area contributed by atoms with Gasteiger partial charge in [-0.2, -0.15) is 0 Å². The molecule has 4 nitrogen and oxygen atoms in total. The Balaban J connectivity index is 2.21. The van der Waals surface area contributed by atoms with Gasteiger partial charge in [0.1, 0.15) is 17.1 Å². The molecule has 0 saturated heterocycles. The van der Waals surface area contributed by atoms with Crippen LogP contribution in [0.5, 0.6) is 5.75 Å². The molecule has 158 valence electrons. The molecule has 4 rings (SSSR count). The minimum atomic E-state index is -0.967. The standard InChI is InChI=1S/C27H26O4/c1-14-7-9-19(10-8-14)24-22(30-6)12-11-20(27(28)29)25(24)23-16(3)17(4)26-21(18(23)5)13-15(2)31-26/h7-13H,1-6H3,(H,28,29). The molecule has 0 aliphatic heterocycles. The summed E-state index contributed by atoms with van der Waals surface area (Å²) < 4.78 is 11.7. The predicted octanol–water partition coefficient (Wildman–Crippen LogP) is 7.02. The average molecular weight is 415 g/mol. The molecule has 1 N–H and O–H groups in total. The van der Waals surface area contributed by atoms with Crippen molar-refractivity contribution in [1.29, 1.82) is 0 Å². The first-order valence-corrected chi connectivity index (χ1v) is 10.3. The Labute approximate surface area is 182 Å². The number of furan rings is 1. The van der Waals surface area contributed by atoms with Crippen LogP contribution < -0.4 is 4.74 Å². The zero-order valence-electron chi connectivity index (χ0n) is 18.7. The third-order valence-electron chi connectivity index (χ3n) is 6.12. The minimum Gasteiger partial charge on any atom is -0.496 e. The van der Waals surface area contributed by atoms with Crippen molar-refractivity contribution in [3.63, 3.8) is 0 Å². The molecule has 0 radical (unpaired) electrons. The monoisotopic (exact) mass is 414 g/mol. The van der Waals surface area contributed by atoms with E-state index in [1.165, 1.54) is 0 Å². The van der Waals surface area contributed by atoms with E-state index in [1.54, 1.807) is 19.2 Å². The van der Waals surface area contributed by atoms with E-state index in [4.69, 9.17) is 9.15 Å². The van der Waals surface area contributed by atoms with E-state index in [0.717, 1.165) is 55.7 Å². The number of carboxylic acid groups (broad SMARTS) is 1. The summed E-state index contributed by atoms with van der Waals surface area (Å²) >= 11 is 0. The molecule has 0 amide bonds. The van der Waals surface area contributed by atoms with E-state index in [9.17, 15) is 9.90 Å². The van der Waals surface area contributed by atoms with Gasteiger partial charge in [0.05, 0.1) is 12.7 Å². The van der Waals surface area contributed by atoms with E-state index in [0.29, 0.717) is 11.3 Å². The maximum atomic E-state index is 12.3. The zero-order valence-corrected chi connectivity index (χ0v) is 18.7. The van der Waals surface area contributed by atoms with Crippen LogP contribution in [0.4, 0.5) is 0 Å². The smallest absolute Gasteiger partial charge is 0.336 e. The number of hydrogen-bond acceptors (Lipinski definition) is 3. The Morgan fingerprint density at radius 1 is 0.839 bits per heavy atom. The average Bonchev–Trinajstić information content (AvgIpc) is 3.14. The molecule has 0 aliphatic carbocycles. The SMILES string of the molecule is COc1ccc(C(=O)O)c(-c2c(C)c(C)c3oc(C)cc3c2C)c1-c1ccc(C)cc1. The van der Waals surface area contributed by atoms with Crippen molar-refractivity contribution in [2.24, 2.45) is 0 Å². The van der Waals surface area contributed by atoms with Gasteiger partial charge in [-0.05, 0) is 80.6 Å². The molecule has 0 fully saturated rings. The number of carboxylic acids is 1. The van der Waals surface area contributed by atoms with Gasteiger partial charge < -0.3 is 14.3 Å². The number of carbonyl (C=O) groups is 1. The minimum absolute atomic E-state index is 0.251. The molecule has 1 aromatic heterocycles. The van der Waals surface area contributed by atoms with Gasteiger partial charge in [-0.25, -0.2) is 4.79 Å². The summed E-state index contributed by atoms with van der Waals surface area (Å²) in [5, 5.41) is 11.1. The number of methoxy groups -OCH3 is 1. The van der Waals surface area contributed by atoms with Crippen LogP contribution in [0.2, 0.25) is 0 Å². The quantitative estimate of drug-likeness (QED) is 0.390. The van der Waals surface area contributed by atoms with Gasteiger partial charge in [-0.1, -0.05) is 29.8 Å². The summed E-state index contributed by atoms with van der Waals surface area (Å²) in [7, 11) is 1.62. The highest BCUT2D eigenvalue weighted by molar-refractivity contribution is 6.06. The fourth-order valence-corrected chi connectivity index (χ4v) is 4.42. The van der Waals surface area contributed by atoms with Gasteiger partial charge in [0.2, 0.25) is 0 Å². The third kappa shape index (κ3) is 3.28. The van der Waals surface area contributed by atoms with Crippen LogP contribution in [0.25, 0.3) is 33.2 Å². The van der Waals surface area contributed by atoms with Gasteiger partial charge in [0, 0.05) is 16.5 Å². The third-order valence-corrected chi connectivity index (χ3v) is 6.12.